The van der Waals surface area contributed by atoms with E-state index in [-0.39, 0.29) is 11.3 Å². The van der Waals surface area contributed by atoms with Crippen molar-refractivity contribution in [1.29, 1.82) is 0 Å². The van der Waals surface area contributed by atoms with E-state index in [2.05, 4.69) is 0 Å². The van der Waals surface area contributed by atoms with E-state index in [1.807, 2.05) is 0 Å². The highest BCUT2D eigenvalue weighted by Crippen LogP contribution is 2.15. The molecular weight excluding hydrogens is 182 g/mol. The van der Waals surface area contributed by atoms with Crippen LogP contribution in [0.5, 0.6) is 0 Å². The van der Waals surface area contributed by atoms with Crippen molar-refractivity contribution < 1.29 is 15.2 Å². The summed E-state index contributed by atoms with van der Waals surface area (Å²) in [5, 5.41) is 18.3. The molecule has 0 aliphatic rings. The SMILES string of the molecule is O=Cc1cc(Cl)ccc1[NH+]([O-])O. The topological polar surface area (TPSA) is 64.8 Å². The van der Waals surface area contributed by atoms with Gasteiger partial charge in [0.2, 0.25) is 0 Å². The van der Waals surface area contributed by atoms with Crippen molar-refractivity contribution in [2.24, 2.45) is 0 Å². The molecule has 1 aromatic carbocycles. The first-order valence-electron chi connectivity index (χ1n) is 3.13. The van der Waals surface area contributed by atoms with Crippen LogP contribution in [0.1, 0.15) is 10.4 Å². The largest absolute Gasteiger partial charge is 0.595 e. The van der Waals surface area contributed by atoms with Gasteiger partial charge in [-0.2, -0.15) is 5.23 Å². The summed E-state index contributed by atoms with van der Waals surface area (Å²) in [6.07, 6.45) is 0.468. The van der Waals surface area contributed by atoms with Gasteiger partial charge in [0.25, 0.3) is 0 Å². The van der Waals surface area contributed by atoms with Crippen LogP contribution in [0.4, 0.5) is 5.69 Å². The molecule has 0 amide bonds. The van der Waals surface area contributed by atoms with Gasteiger partial charge in [-0.05, 0) is 12.1 Å². The van der Waals surface area contributed by atoms with Gasteiger partial charge >= 0.3 is 0 Å². The lowest BCUT2D eigenvalue weighted by Gasteiger charge is -2.12. The van der Waals surface area contributed by atoms with E-state index >= 15 is 0 Å². The van der Waals surface area contributed by atoms with Crippen molar-refractivity contribution in [3.05, 3.63) is 34.0 Å². The van der Waals surface area contributed by atoms with Gasteiger partial charge in [0.15, 0.2) is 12.0 Å². The molecule has 0 radical (unpaired) electrons. The first-order valence-corrected chi connectivity index (χ1v) is 3.51. The van der Waals surface area contributed by atoms with Crippen LogP contribution in [-0.2, 0) is 0 Å². The second-order valence-electron chi connectivity index (χ2n) is 2.15. The Morgan fingerprint density at radius 1 is 1.58 bits per heavy atom. The number of quaternary nitrogens is 1. The molecule has 1 aromatic rings. The first kappa shape index (κ1) is 9.15. The minimum atomic E-state index is -1.13. The maximum absolute atomic E-state index is 10.5. The highest BCUT2D eigenvalue weighted by atomic mass is 35.5. The number of carbonyl (C=O) groups excluding carboxylic acids is 1. The van der Waals surface area contributed by atoms with E-state index < -0.39 is 5.23 Å². The molecule has 2 N–H and O–H groups in total. The van der Waals surface area contributed by atoms with Gasteiger partial charge in [-0.15, -0.1) is 0 Å². The van der Waals surface area contributed by atoms with Crippen molar-refractivity contribution in [1.82, 2.24) is 0 Å². The quantitative estimate of drug-likeness (QED) is 0.525. The van der Waals surface area contributed by atoms with E-state index in [0.717, 1.165) is 0 Å². The predicted molar refractivity (Wildman–Crippen MR) is 42.6 cm³/mol. The maximum Gasteiger partial charge on any atom is 0.174 e. The molecule has 0 heterocycles. The minimum absolute atomic E-state index is 0.0330. The summed E-state index contributed by atoms with van der Waals surface area (Å²) in [5.41, 5.74) is 0.0596. The number of hydrogen-bond donors (Lipinski definition) is 2. The molecule has 4 nitrogen and oxygen atoms in total. The summed E-state index contributed by atoms with van der Waals surface area (Å²) in [4.78, 5) is 10.4. The average molecular weight is 188 g/mol. The van der Waals surface area contributed by atoms with Gasteiger partial charge in [0.05, 0.1) is 5.56 Å². The molecule has 64 valence electrons. The third-order valence-corrected chi connectivity index (χ3v) is 1.61. The number of aldehydes is 1. The van der Waals surface area contributed by atoms with E-state index in [1.165, 1.54) is 18.2 Å². The van der Waals surface area contributed by atoms with Crippen molar-refractivity contribution in [2.45, 2.75) is 0 Å². The lowest BCUT2D eigenvalue weighted by Crippen LogP contribution is -2.99. The Labute approximate surface area is 73.5 Å². The zero-order valence-corrected chi connectivity index (χ0v) is 6.71. The summed E-state index contributed by atoms with van der Waals surface area (Å²) in [5.74, 6) is 0. The molecule has 1 unspecified atom stereocenters. The molecule has 0 saturated heterocycles. The molecule has 0 saturated carbocycles. The molecule has 1 rings (SSSR count). The average Bonchev–Trinajstić information content (AvgIpc) is 2.03. The Kier molecular flexibility index (Phi) is 2.78. The molecule has 12 heavy (non-hydrogen) atoms. The molecule has 0 aliphatic heterocycles. The molecular formula is C7H6ClNO3. The lowest BCUT2D eigenvalue weighted by atomic mass is 10.2. The predicted octanol–water partition coefficient (Wildman–Crippen LogP) is 0.556. The molecule has 0 bridgehead atoms. The minimum Gasteiger partial charge on any atom is -0.595 e. The van der Waals surface area contributed by atoms with Crippen LogP contribution in [0.2, 0.25) is 5.02 Å². The van der Waals surface area contributed by atoms with E-state index in [9.17, 15) is 10.0 Å². The molecule has 0 aromatic heterocycles. The van der Waals surface area contributed by atoms with Gasteiger partial charge in [-0.3, -0.25) is 4.79 Å². The van der Waals surface area contributed by atoms with Crippen LogP contribution in [0.3, 0.4) is 0 Å². The first-order chi connectivity index (χ1) is 5.65. The fraction of sp³-hybridized carbons (Fsp3) is 0. The Morgan fingerprint density at radius 3 is 2.75 bits per heavy atom. The molecule has 0 fully saturated rings. The van der Waals surface area contributed by atoms with Crippen LogP contribution >= 0.6 is 11.6 Å². The van der Waals surface area contributed by atoms with Crippen LogP contribution in [-0.4, -0.2) is 11.5 Å². The normalized spacial score (nSPS) is 12.6. The number of rotatable bonds is 2. The monoisotopic (exact) mass is 187 g/mol. The highest BCUT2D eigenvalue weighted by molar-refractivity contribution is 6.30. The zero-order valence-electron chi connectivity index (χ0n) is 5.95. The summed E-state index contributed by atoms with van der Waals surface area (Å²) in [6, 6.07) is 4.05. The number of hydrogen-bond acceptors (Lipinski definition) is 3. The number of halogens is 1. The highest BCUT2D eigenvalue weighted by Gasteiger charge is 2.07. The third kappa shape index (κ3) is 1.80. The van der Waals surface area contributed by atoms with Crippen LogP contribution in [0, 0.1) is 5.21 Å². The number of carbonyl (C=O) groups is 1. The van der Waals surface area contributed by atoms with Gasteiger partial charge in [0.1, 0.15) is 0 Å². The van der Waals surface area contributed by atoms with Crippen LogP contribution < -0.4 is 5.23 Å². The molecule has 1 atom stereocenters. The fourth-order valence-electron chi connectivity index (χ4n) is 0.826. The smallest absolute Gasteiger partial charge is 0.174 e. The fourth-order valence-corrected chi connectivity index (χ4v) is 1.01. The summed E-state index contributed by atoms with van der Waals surface area (Å²) in [6.45, 7) is 0. The van der Waals surface area contributed by atoms with Crippen LogP contribution in [0.25, 0.3) is 0 Å². The van der Waals surface area contributed by atoms with Gasteiger partial charge in [-0.25, -0.2) is 5.21 Å². The third-order valence-electron chi connectivity index (χ3n) is 1.37. The van der Waals surface area contributed by atoms with Crippen LogP contribution in [0.15, 0.2) is 18.2 Å². The Hall–Kier alpha value is -0.940. The second kappa shape index (κ2) is 3.64. The summed E-state index contributed by atoms with van der Waals surface area (Å²) >= 11 is 5.55. The van der Waals surface area contributed by atoms with Gasteiger partial charge in [-0.1, -0.05) is 11.6 Å². The standard InChI is InChI=1S/C7H6ClNO3/c8-6-1-2-7(9(11)12)5(3-6)4-10/h1-4,9,11H. The zero-order chi connectivity index (χ0) is 9.14. The Balaban J connectivity index is 3.20. The van der Waals surface area contributed by atoms with Crippen molar-refractivity contribution in [3.8, 4) is 0 Å². The molecule has 0 aliphatic carbocycles. The summed E-state index contributed by atoms with van der Waals surface area (Å²) in [7, 11) is 0. The van der Waals surface area contributed by atoms with Crippen molar-refractivity contribution in [3.63, 3.8) is 0 Å². The van der Waals surface area contributed by atoms with Gasteiger partial charge < -0.3 is 5.21 Å². The summed E-state index contributed by atoms with van der Waals surface area (Å²) < 4.78 is 0. The molecule has 0 spiro atoms. The molecule has 5 heteroatoms. The lowest BCUT2D eigenvalue weighted by molar-refractivity contribution is -0.991. The number of benzene rings is 1. The van der Waals surface area contributed by atoms with Crippen molar-refractivity contribution in [2.75, 3.05) is 0 Å². The van der Waals surface area contributed by atoms with E-state index in [0.29, 0.717) is 11.3 Å². The maximum atomic E-state index is 10.5. The Morgan fingerprint density at radius 2 is 2.25 bits per heavy atom. The van der Waals surface area contributed by atoms with E-state index in [1.54, 1.807) is 0 Å². The van der Waals surface area contributed by atoms with Crippen molar-refractivity contribution >= 4 is 23.6 Å². The van der Waals surface area contributed by atoms with E-state index in [4.69, 9.17) is 16.8 Å². The second-order valence-corrected chi connectivity index (χ2v) is 2.59. The van der Waals surface area contributed by atoms with Gasteiger partial charge in [0, 0.05) is 11.1 Å². The Bertz CT molecular complexity index is 301. The number of nitrogens with one attached hydrogen (secondary N) is 1.